The van der Waals surface area contributed by atoms with E-state index in [1.807, 2.05) is 0 Å². The second-order valence-electron chi connectivity index (χ2n) is 6.72. The maximum atomic E-state index is 11.0. The lowest BCUT2D eigenvalue weighted by molar-refractivity contribution is -0.0438. The van der Waals surface area contributed by atoms with Gasteiger partial charge in [-0.25, -0.2) is 0 Å². The molecule has 0 spiro atoms. The Balaban J connectivity index is 1.81. The first-order valence-corrected chi connectivity index (χ1v) is 7.48. The van der Waals surface area contributed by atoms with Crippen LogP contribution in [0.2, 0.25) is 0 Å². The molecule has 0 saturated carbocycles. The van der Waals surface area contributed by atoms with Crippen molar-refractivity contribution in [2.75, 3.05) is 7.05 Å². The minimum absolute atomic E-state index is 0.489. The molecule has 1 aromatic carbocycles. The van der Waals surface area contributed by atoms with Gasteiger partial charge in [-0.2, -0.15) is 0 Å². The van der Waals surface area contributed by atoms with Crippen LogP contribution < -0.4 is 0 Å². The number of hydrogen-bond donors (Lipinski definition) is 1. The first-order chi connectivity index (χ1) is 8.98. The molecule has 0 radical (unpaired) electrons. The molecule has 2 heteroatoms. The van der Waals surface area contributed by atoms with Gasteiger partial charge in [0.15, 0.2) is 0 Å². The van der Waals surface area contributed by atoms with Crippen LogP contribution in [0.3, 0.4) is 0 Å². The van der Waals surface area contributed by atoms with Crippen molar-refractivity contribution in [1.29, 1.82) is 0 Å². The van der Waals surface area contributed by atoms with Crippen LogP contribution in [0.25, 0.3) is 0 Å². The molecule has 2 bridgehead atoms. The number of piperidine rings is 1. The Hall–Kier alpha value is -0.860. The molecule has 2 unspecified atom stereocenters. The third-order valence-corrected chi connectivity index (χ3v) is 5.45. The lowest BCUT2D eigenvalue weighted by Gasteiger charge is -2.42. The summed E-state index contributed by atoms with van der Waals surface area (Å²) in [6.07, 6.45) is 5.22. The van der Waals surface area contributed by atoms with Crippen LogP contribution in [-0.4, -0.2) is 34.7 Å². The standard InChI is InChI=1S/C17H25NO/c1-12-5-4-6-14(13(12)2)9-17(19)10-15-7-8-16(11-17)18(15)3/h4-6,15-16,19H,7-11H2,1-3H3. The van der Waals surface area contributed by atoms with E-state index < -0.39 is 5.60 Å². The summed E-state index contributed by atoms with van der Waals surface area (Å²) in [5, 5.41) is 11.0. The molecule has 2 aliphatic heterocycles. The molecule has 104 valence electrons. The first kappa shape index (κ1) is 13.1. The molecule has 2 nitrogen and oxygen atoms in total. The van der Waals surface area contributed by atoms with Crippen molar-refractivity contribution >= 4 is 0 Å². The SMILES string of the molecule is Cc1cccc(CC2(O)CC3CCC(C2)N3C)c1C. The molecule has 1 N–H and O–H groups in total. The number of nitrogens with zero attached hydrogens (tertiary/aromatic N) is 1. The van der Waals surface area contributed by atoms with Crippen LogP contribution in [0.4, 0.5) is 0 Å². The molecule has 0 aliphatic carbocycles. The summed E-state index contributed by atoms with van der Waals surface area (Å²) in [5.41, 5.74) is 3.52. The molecule has 2 heterocycles. The smallest absolute Gasteiger partial charge is 0.0717 e. The van der Waals surface area contributed by atoms with Crippen LogP contribution in [0.15, 0.2) is 18.2 Å². The monoisotopic (exact) mass is 259 g/mol. The topological polar surface area (TPSA) is 23.5 Å². The number of aryl methyl sites for hydroxylation is 1. The summed E-state index contributed by atoms with van der Waals surface area (Å²) < 4.78 is 0. The van der Waals surface area contributed by atoms with Gasteiger partial charge in [0.2, 0.25) is 0 Å². The number of hydrogen-bond acceptors (Lipinski definition) is 2. The Kier molecular flexibility index (Phi) is 3.18. The highest BCUT2D eigenvalue weighted by molar-refractivity contribution is 5.34. The van der Waals surface area contributed by atoms with Crippen molar-refractivity contribution in [3.63, 3.8) is 0 Å². The zero-order valence-electron chi connectivity index (χ0n) is 12.3. The van der Waals surface area contributed by atoms with Crippen LogP contribution in [-0.2, 0) is 6.42 Å². The Morgan fingerprint density at radius 2 is 1.84 bits per heavy atom. The van der Waals surface area contributed by atoms with E-state index in [0.29, 0.717) is 12.1 Å². The zero-order valence-corrected chi connectivity index (χ0v) is 12.3. The largest absolute Gasteiger partial charge is 0.389 e. The highest BCUT2D eigenvalue weighted by Crippen LogP contribution is 2.41. The normalized spacial score (nSPS) is 34.7. The van der Waals surface area contributed by atoms with Crippen molar-refractivity contribution < 1.29 is 5.11 Å². The van der Waals surface area contributed by atoms with E-state index in [-0.39, 0.29) is 0 Å². The molecule has 3 rings (SSSR count). The molecular weight excluding hydrogens is 234 g/mol. The number of aliphatic hydroxyl groups is 1. The third kappa shape index (κ3) is 2.32. The quantitative estimate of drug-likeness (QED) is 0.883. The molecule has 2 fully saturated rings. The lowest BCUT2D eigenvalue weighted by Crippen LogP contribution is -2.50. The highest BCUT2D eigenvalue weighted by Gasteiger charge is 2.45. The Labute approximate surface area is 116 Å². The van der Waals surface area contributed by atoms with E-state index in [2.05, 4.69) is 44.0 Å². The van der Waals surface area contributed by atoms with E-state index in [1.54, 1.807) is 0 Å². The average Bonchev–Trinajstić information content (AvgIpc) is 2.60. The van der Waals surface area contributed by atoms with Crippen molar-refractivity contribution in [2.24, 2.45) is 0 Å². The Morgan fingerprint density at radius 1 is 1.21 bits per heavy atom. The second kappa shape index (κ2) is 4.60. The fourth-order valence-corrected chi connectivity index (χ4v) is 4.05. The summed E-state index contributed by atoms with van der Waals surface area (Å²) in [6.45, 7) is 4.33. The highest BCUT2D eigenvalue weighted by atomic mass is 16.3. The Morgan fingerprint density at radius 3 is 2.47 bits per heavy atom. The van der Waals surface area contributed by atoms with Crippen LogP contribution in [0, 0.1) is 13.8 Å². The minimum Gasteiger partial charge on any atom is -0.389 e. The van der Waals surface area contributed by atoms with E-state index in [1.165, 1.54) is 29.5 Å². The van der Waals surface area contributed by atoms with Crippen molar-refractivity contribution in [3.8, 4) is 0 Å². The number of benzene rings is 1. The average molecular weight is 259 g/mol. The van der Waals surface area contributed by atoms with Crippen LogP contribution >= 0.6 is 0 Å². The summed E-state index contributed by atoms with van der Waals surface area (Å²) >= 11 is 0. The maximum absolute atomic E-state index is 11.0. The maximum Gasteiger partial charge on any atom is 0.0717 e. The molecule has 0 amide bonds. The summed E-state index contributed by atoms with van der Waals surface area (Å²) in [5.74, 6) is 0. The fourth-order valence-electron chi connectivity index (χ4n) is 4.05. The molecule has 2 atom stereocenters. The van der Waals surface area contributed by atoms with Gasteiger partial charge in [0, 0.05) is 18.5 Å². The number of fused-ring (bicyclic) bond motifs is 2. The molecule has 1 aromatic rings. The van der Waals surface area contributed by atoms with Gasteiger partial charge in [-0.05, 0) is 63.3 Å². The third-order valence-electron chi connectivity index (χ3n) is 5.45. The van der Waals surface area contributed by atoms with E-state index in [9.17, 15) is 5.11 Å². The zero-order chi connectivity index (χ0) is 13.6. The summed E-state index contributed by atoms with van der Waals surface area (Å²) in [4.78, 5) is 2.48. The van der Waals surface area contributed by atoms with Gasteiger partial charge >= 0.3 is 0 Å². The van der Waals surface area contributed by atoms with Gasteiger partial charge in [0.25, 0.3) is 0 Å². The predicted molar refractivity (Wildman–Crippen MR) is 78.4 cm³/mol. The Bertz CT molecular complexity index is 468. The molecule has 0 aromatic heterocycles. The van der Waals surface area contributed by atoms with E-state index >= 15 is 0 Å². The molecular formula is C17H25NO. The second-order valence-corrected chi connectivity index (χ2v) is 6.72. The molecule has 2 saturated heterocycles. The summed E-state index contributed by atoms with van der Waals surface area (Å²) in [7, 11) is 2.22. The number of rotatable bonds is 2. The fraction of sp³-hybridized carbons (Fsp3) is 0.647. The minimum atomic E-state index is -0.489. The van der Waals surface area contributed by atoms with Crippen LogP contribution in [0.5, 0.6) is 0 Å². The van der Waals surface area contributed by atoms with Gasteiger partial charge < -0.3 is 10.0 Å². The van der Waals surface area contributed by atoms with Gasteiger partial charge in [-0.3, -0.25) is 0 Å². The van der Waals surface area contributed by atoms with Gasteiger partial charge in [-0.15, -0.1) is 0 Å². The summed E-state index contributed by atoms with van der Waals surface area (Å²) in [6, 6.07) is 7.63. The van der Waals surface area contributed by atoms with Gasteiger partial charge in [0.05, 0.1) is 5.60 Å². The molecule has 19 heavy (non-hydrogen) atoms. The predicted octanol–water partition coefficient (Wildman–Crippen LogP) is 2.83. The van der Waals surface area contributed by atoms with Crippen LogP contribution in [0.1, 0.15) is 42.4 Å². The van der Waals surface area contributed by atoms with E-state index in [0.717, 1.165) is 19.3 Å². The molecule has 2 aliphatic rings. The van der Waals surface area contributed by atoms with Crippen molar-refractivity contribution in [3.05, 3.63) is 34.9 Å². The van der Waals surface area contributed by atoms with Gasteiger partial charge in [-0.1, -0.05) is 18.2 Å². The first-order valence-electron chi connectivity index (χ1n) is 7.48. The van der Waals surface area contributed by atoms with E-state index in [4.69, 9.17) is 0 Å². The van der Waals surface area contributed by atoms with Crippen molar-refractivity contribution in [1.82, 2.24) is 4.90 Å². The lowest BCUT2D eigenvalue weighted by atomic mass is 9.80. The van der Waals surface area contributed by atoms with Gasteiger partial charge in [0.1, 0.15) is 0 Å². The van der Waals surface area contributed by atoms with Crippen molar-refractivity contribution in [2.45, 2.75) is 63.6 Å².